The summed E-state index contributed by atoms with van der Waals surface area (Å²) in [5.41, 5.74) is -0.198. The quantitative estimate of drug-likeness (QED) is 0.632. The van der Waals surface area contributed by atoms with Gasteiger partial charge in [0.25, 0.3) is 0 Å². The number of anilines is 2. The van der Waals surface area contributed by atoms with Crippen LogP contribution in [0.3, 0.4) is 0 Å². The van der Waals surface area contributed by atoms with Crippen LogP contribution in [-0.2, 0) is 9.47 Å². The van der Waals surface area contributed by atoms with E-state index in [-0.39, 0.29) is 0 Å². The van der Waals surface area contributed by atoms with Crippen molar-refractivity contribution in [3.8, 4) is 0 Å². The standard InChI is InChI=1S/C14H21IN2O4S/c1-13(2,3)20-11(18)16-8-7-22-10(15)9(8)17-12(19)21-14(4,5)6/h7H,1-6H3,(H,16,18)(H,17,19). The van der Waals surface area contributed by atoms with Gasteiger partial charge in [0.05, 0.1) is 14.3 Å². The number of ether oxygens (including phenoxy) is 2. The molecule has 1 rings (SSSR count). The Balaban J connectivity index is 2.79. The molecule has 0 spiro atoms. The zero-order valence-corrected chi connectivity index (χ0v) is 16.5. The minimum absolute atomic E-state index is 0.481. The average Bonchev–Trinajstić information content (AvgIpc) is 2.56. The third-order valence-electron chi connectivity index (χ3n) is 2.01. The van der Waals surface area contributed by atoms with Crippen LogP contribution in [0.25, 0.3) is 0 Å². The predicted molar refractivity (Wildman–Crippen MR) is 96.7 cm³/mol. The highest BCUT2D eigenvalue weighted by Crippen LogP contribution is 2.34. The first-order valence-corrected chi connectivity index (χ1v) is 8.60. The summed E-state index contributed by atoms with van der Waals surface area (Å²) in [6.45, 7) is 10.7. The number of halogens is 1. The molecule has 8 heteroatoms. The van der Waals surface area contributed by atoms with Crippen molar-refractivity contribution in [1.82, 2.24) is 0 Å². The van der Waals surface area contributed by atoms with E-state index in [4.69, 9.17) is 9.47 Å². The molecule has 0 saturated heterocycles. The van der Waals surface area contributed by atoms with Gasteiger partial charge in [0, 0.05) is 5.38 Å². The Bertz CT molecular complexity index is 558. The van der Waals surface area contributed by atoms with E-state index in [1.165, 1.54) is 11.3 Å². The van der Waals surface area contributed by atoms with Gasteiger partial charge in [0.15, 0.2) is 0 Å². The summed E-state index contributed by atoms with van der Waals surface area (Å²) in [6, 6.07) is 0. The summed E-state index contributed by atoms with van der Waals surface area (Å²) in [4.78, 5) is 23.7. The molecule has 6 nitrogen and oxygen atoms in total. The first-order chi connectivity index (χ1) is 9.87. The highest BCUT2D eigenvalue weighted by Gasteiger charge is 2.22. The Hall–Kier alpha value is -1.03. The lowest BCUT2D eigenvalue weighted by molar-refractivity contribution is 0.0621. The predicted octanol–water partition coefficient (Wildman–Crippen LogP) is 5.05. The number of nitrogens with one attached hydrogen (secondary N) is 2. The summed E-state index contributed by atoms with van der Waals surface area (Å²) in [6.07, 6.45) is -1.15. The molecule has 0 aliphatic carbocycles. The molecule has 0 atom stereocenters. The third kappa shape index (κ3) is 6.82. The molecule has 124 valence electrons. The maximum atomic E-state index is 11.9. The Morgan fingerprint density at radius 2 is 1.45 bits per heavy atom. The lowest BCUT2D eigenvalue weighted by Crippen LogP contribution is -2.29. The van der Waals surface area contributed by atoms with Gasteiger partial charge >= 0.3 is 12.2 Å². The summed E-state index contributed by atoms with van der Waals surface area (Å²) >= 11 is 3.48. The highest BCUT2D eigenvalue weighted by atomic mass is 127. The number of rotatable bonds is 2. The first-order valence-electron chi connectivity index (χ1n) is 6.64. The Morgan fingerprint density at radius 1 is 1.00 bits per heavy atom. The van der Waals surface area contributed by atoms with Crippen LogP contribution in [0.15, 0.2) is 5.38 Å². The number of hydrogen-bond donors (Lipinski definition) is 2. The molecule has 0 aliphatic heterocycles. The van der Waals surface area contributed by atoms with Crippen molar-refractivity contribution in [2.45, 2.75) is 52.7 Å². The second kappa shape index (κ2) is 7.03. The van der Waals surface area contributed by atoms with Gasteiger partial charge in [0.1, 0.15) is 11.2 Å². The van der Waals surface area contributed by atoms with Crippen molar-refractivity contribution in [3.05, 3.63) is 8.26 Å². The molecular weight excluding hydrogens is 419 g/mol. The highest BCUT2D eigenvalue weighted by molar-refractivity contribution is 14.1. The fraction of sp³-hybridized carbons (Fsp3) is 0.571. The molecule has 0 aromatic carbocycles. The summed E-state index contributed by atoms with van der Waals surface area (Å²) in [5, 5.41) is 7.02. The van der Waals surface area contributed by atoms with Crippen LogP contribution in [0, 0.1) is 2.88 Å². The fourth-order valence-corrected chi connectivity index (χ4v) is 2.85. The van der Waals surface area contributed by atoms with Crippen molar-refractivity contribution in [2.24, 2.45) is 0 Å². The molecule has 2 N–H and O–H groups in total. The number of carbonyl (C=O) groups excluding carboxylic acids is 2. The average molecular weight is 440 g/mol. The van der Waals surface area contributed by atoms with Crippen LogP contribution in [0.2, 0.25) is 0 Å². The van der Waals surface area contributed by atoms with E-state index in [9.17, 15) is 9.59 Å². The molecule has 1 heterocycles. The van der Waals surface area contributed by atoms with Crippen molar-refractivity contribution in [3.63, 3.8) is 0 Å². The van der Waals surface area contributed by atoms with Crippen LogP contribution < -0.4 is 10.6 Å². The van der Waals surface area contributed by atoms with E-state index in [0.29, 0.717) is 11.4 Å². The molecule has 22 heavy (non-hydrogen) atoms. The smallest absolute Gasteiger partial charge is 0.412 e. The molecule has 0 saturated carbocycles. The molecule has 0 bridgehead atoms. The van der Waals surface area contributed by atoms with Crippen molar-refractivity contribution in [1.29, 1.82) is 0 Å². The van der Waals surface area contributed by atoms with Crippen LogP contribution in [0.1, 0.15) is 41.5 Å². The zero-order valence-electron chi connectivity index (χ0n) is 13.5. The van der Waals surface area contributed by atoms with Crippen LogP contribution >= 0.6 is 33.9 Å². The molecule has 0 fully saturated rings. The number of amides is 2. The van der Waals surface area contributed by atoms with Gasteiger partial charge in [-0.3, -0.25) is 10.6 Å². The number of hydrogen-bond acceptors (Lipinski definition) is 5. The van der Waals surface area contributed by atoms with E-state index in [2.05, 4.69) is 33.2 Å². The van der Waals surface area contributed by atoms with Crippen molar-refractivity contribution < 1.29 is 19.1 Å². The van der Waals surface area contributed by atoms with Crippen LogP contribution in [-0.4, -0.2) is 23.4 Å². The molecule has 1 aromatic rings. The zero-order chi connectivity index (χ0) is 17.1. The Kier molecular flexibility index (Phi) is 6.08. The third-order valence-corrected chi connectivity index (χ3v) is 4.07. The topological polar surface area (TPSA) is 76.7 Å². The van der Waals surface area contributed by atoms with Crippen molar-refractivity contribution >= 4 is 57.5 Å². The van der Waals surface area contributed by atoms with Gasteiger partial charge in [-0.15, -0.1) is 11.3 Å². The minimum atomic E-state index is -0.593. The van der Waals surface area contributed by atoms with Gasteiger partial charge in [-0.05, 0) is 64.1 Å². The van der Waals surface area contributed by atoms with Gasteiger partial charge < -0.3 is 9.47 Å². The van der Waals surface area contributed by atoms with Gasteiger partial charge in [-0.25, -0.2) is 9.59 Å². The largest absolute Gasteiger partial charge is 0.444 e. The first kappa shape index (κ1) is 19.0. The Morgan fingerprint density at radius 3 is 1.91 bits per heavy atom. The summed E-state index contributed by atoms with van der Waals surface area (Å²) in [7, 11) is 0. The van der Waals surface area contributed by atoms with E-state index >= 15 is 0 Å². The molecule has 0 aliphatic rings. The molecular formula is C14H21IN2O4S. The van der Waals surface area contributed by atoms with Gasteiger partial charge in [0.2, 0.25) is 0 Å². The van der Waals surface area contributed by atoms with Crippen LogP contribution in [0.5, 0.6) is 0 Å². The van der Waals surface area contributed by atoms with E-state index in [1.54, 1.807) is 46.9 Å². The normalized spacial score (nSPS) is 11.8. The monoisotopic (exact) mass is 440 g/mol. The fourth-order valence-electron chi connectivity index (χ4n) is 1.36. The van der Waals surface area contributed by atoms with Gasteiger partial charge in [-0.2, -0.15) is 0 Å². The Labute approximate surface area is 148 Å². The number of thiophene rings is 1. The molecule has 0 unspecified atom stereocenters. The second-order valence-electron chi connectivity index (χ2n) is 6.55. The molecule has 0 radical (unpaired) electrons. The SMILES string of the molecule is CC(C)(C)OC(=O)Nc1csc(I)c1NC(=O)OC(C)(C)C. The van der Waals surface area contributed by atoms with Crippen LogP contribution in [0.4, 0.5) is 21.0 Å². The molecule has 2 amide bonds. The van der Waals surface area contributed by atoms with E-state index < -0.39 is 23.4 Å². The van der Waals surface area contributed by atoms with Crippen molar-refractivity contribution in [2.75, 3.05) is 10.6 Å². The summed E-state index contributed by atoms with van der Waals surface area (Å²) < 4.78 is 11.2. The summed E-state index contributed by atoms with van der Waals surface area (Å²) in [5.74, 6) is 0. The van der Waals surface area contributed by atoms with Gasteiger partial charge in [-0.1, -0.05) is 0 Å². The number of carbonyl (C=O) groups is 2. The van der Waals surface area contributed by atoms with E-state index in [1.807, 2.05) is 0 Å². The lowest BCUT2D eigenvalue weighted by atomic mass is 10.2. The second-order valence-corrected chi connectivity index (χ2v) is 9.24. The maximum Gasteiger partial charge on any atom is 0.412 e. The maximum absolute atomic E-state index is 11.9. The van der Waals surface area contributed by atoms with E-state index in [0.717, 1.165) is 2.88 Å². The lowest BCUT2D eigenvalue weighted by Gasteiger charge is -2.21. The molecule has 1 aromatic heterocycles. The minimum Gasteiger partial charge on any atom is -0.444 e.